The molecule has 0 radical (unpaired) electrons. The highest BCUT2D eigenvalue weighted by atomic mass is 14.9. The van der Waals surface area contributed by atoms with Crippen molar-refractivity contribution < 1.29 is 4.57 Å². The topological polar surface area (TPSA) is 16.8 Å². The summed E-state index contributed by atoms with van der Waals surface area (Å²) >= 11 is 0. The van der Waals surface area contributed by atoms with Gasteiger partial charge >= 0.3 is 0 Å². The van der Waals surface area contributed by atoms with Crippen molar-refractivity contribution in [2.75, 3.05) is 0 Å². The van der Waals surface area contributed by atoms with Gasteiger partial charge in [-0.15, -0.1) is 0 Å². The van der Waals surface area contributed by atoms with Crippen LogP contribution in [0, 0.1) is 13.8 Å². The van der Waals surface area contributed by atoms with Gasteiger partial charge in [0, 0.05) is 34.9 Å². The van der Waals surface area contributed by atoms with Gasteiger partial charge in [0.2, 0.25) is 5.69 Å². The summed E-state index contributed by atoms with van der Waals surface area (Å²) in [7, 11) is 2.13. The second kappa shape index (κ2) is 6.63. The minimum atomic E-state index is -0.0683. The van der Waals surface area contributed by atoms with Crippen LogP contribution in [0.25, 0.3) is 33.5 Å². The number of rotatable bonds is 2. The SMILES string of the molecule is Cc1ccc(-c2cc[n+](C)c(-c3cc4c(cc3C)C(C)(C)c3ncccc3-4)c2)cc1. The smallest absolute Gasteiger partial charge is 0.213 e. The van der Waals surface area contributed by atoms with E-state index < -0.39 is 0 Å². The highest BCUT2D eigenvalue weighted by molar-refractivity contribution is 5.84. The lowest BCUT2D eigenvalue weighted by Gasteiger charge is -2.21. The van der Waals surface area contributed by atoms with Crippen LogP contribution >= 0.6 is 0 Å². The Morgan fingerprint density at radius 3 is 2.33 bits per heavy atom. The summed E-state index contributed by atoms with van der Waals surface area (Å²) in [6.45, 7) is 8.91. The van der Waals surface area contributed by atoms with E-state index in [0.29, 0.717) is 0 Å². The number of nitrogens with zero attached hydrogens (tertiary/aromatic N) is 2. The van der Waals surface area contributed by atoms with E-state index in [1.165, 1.54) is 55.9 Å². The molecule has 2 aromatic carbocycles. The van der Waals surface area contributed by atoms with E-state index in [4.69, 9.17) is 4.98 Å². The highest BCUT2D eigenvalue weighted by Crippen LogP contribution is 2.49. The van der Waals surface area contributed by atoms with Gasteiger partial charge in [0.15, 0.2) is 6.20 Å². The number of aromatic nitrogens is 2. The second-order valence-corrected chi connectivity index (χ2v) is 9.01. The maximum atomic E-state index is 4.73. The Morgan fingerprint density at radius 2 is 1.57 bits per heavy atom. The predicted octanol–water partition coefficient (Wildman–Crippen LogP) is 6.16. The third kappa shape index (κ3) is 2.79. The van der Waals surface area contributed by atoms with Crippen LogP contribution in [-0.4, -0.2) is 4.98 Å². The molecule has 0 amide bonds. The average molecular weight is 392 g/mol. The summed E-state index contributed by atoms with van der Waals surface area (Å²) < 4.78 is 2.22. The Balaban J connectivity index is 1.70. The fraction of sp³-hybridized carbons (Fsp3) is 0.214. The molecule has 2 aromatic heterocycles. The molecule has 4 aromatic rings. The van der Waals surface area contributed by atoms with Crippen molar-refractivity contribution in [3.05, 3.63) is 95.4 Å². The zero-order chi connectivity index (χ0) is 21.0. The van der Waals surface area contributed by atoms with E-state index in [2.05, 4.69) is 100 Å². The first-order chi connectivity index (χ1) is 14.4. The van der Waals surface area contributed by atoms with Crippen LogP contribution in [-0.2, 0) is 12.5 Å². The highest BCUT2D eigenvalue weighted by Gasteiger charge is 2.37. The second-order valence-electron chi connectivity index (χ2n) is 9.01. The van der Waals surface area contributed by atoms with Gasteiger partial charge in [-0.2, -0.15) is 0 Å². The molecular weight excluding hydrogens is 364 g/mol. The van der Waals surface area contributed by atoms with E-state index >= 15 is 0 Å². The van der Waals surface area contributed by atoms with Gasteiger partial charge in [-0.1, -0.05) is 55.8 Å². The molecule has 0 bridgehead atoms. The number of hydrogen-bond donors (Lipinski definition) is 0. The third-order valence-corrected chi connectivity index (χ3v) is 6.54. The first kappa shape index (κ1) is 18.7. The molecule has 1 aliphatic rings. The molecule has 2 heteroatoms. The molecule has 0 atom stereocenters. The number of fused-ring (bicyclic) bond motifs is 3. The lowest BCUT2D eigenvalue weighted by Crippen LogP contribution is -2.30. The molecule has 0 unspecified atom stereocenters. The van der Waals surface area contributed by atoms with Crippen LogP contribution < -0.4 is 4.57 Å². The van der Waals surface area contributed by atoms with E-state index in [-0.39, 0.29) is 5.41 Å². The average Bonchev–Trinajstić information content (AvgIpc) is 2.96. The van der Waals surface area contributed by atoms with Gasteiger partial charge in [-0.3, -0.25) is 4.98 Å². The van der Waals surface area contributed by atoms with E-state index in [9.17, 15) is 0 Å². The van der Waals surface area contributed by atoms with Crippen LogP contribution in [0.3, 0.4) is 0 Å². The molecule has 2 nitrogen and oxygen atoms in total. The molecular formula is C28H27N2+. The van der Waals surface area contributed by atoms with Crippen molar-refractivity contribution in [2.24, 2.45) is 7.05 Å². The Kier molecular flexibility index (Phi) is 4.14. The lowest BCUT2D eigenvalue weighted by molar-refractivity contribution is -0.660. The summed E-state index contributed by atoms with van der Waals surface area (Å²) in [5.74, 6) is 0. The standard InChI is InChI=1S/C28H27N2/c1-18-8-10-20(11-9-18)21-12-14-30(5)26(16-21)23-17-24-22-7-6-13-29-27(22)28(3,4)25(24)15-19(23)2/h6-17H,1-5H3/q+1. The molecule has 0 saturated heterocycles. The fourth-order valence-corrected chi connectivity index (χ4v) is 4.74. The van der Waals surface area contributed by atoms with Crippen molar-refractivity contribution in [3.63, 3.8) is 0 Å². The first-order valence-corrected chi connectivity index (χ1v) is 10.5. The maximum absolute atomic E-state index is 4.73. The van der Waals surface area contributed by atoms with Crippen LogP contribution in [0.2, 0.25) is 0 Å². The molecule has 0 fully saturated rings. The van der Waals surface area contributed by atoms with Crippen molar-refractivity contribution in [3.8, 4) is 33.5 Å². The molecule has 1 aliphatic carbocycles. The number of hydrogen-bond acceptors (Lipinski definition) is 1. The third-order valence-electron chi connectivity index (χ3n) is 6.54. The predicted molar refractivity (Wildman–Crippen MR) is 123 cm³/mol. The molecule has 5 rings (SSSR count). The number of benzene rings is 2. The quantitative estimate of drug-likeness (QED) is 0.374. The normalized spacial score (nSPS) is 13.8. The van der Waals surface area contributed by atoms with Crippen LogP contribution in [0.1, 0.15) is 36.2 Å². The summed E-state index contributed by atoms with van der Waals surface area (Å²) in [5.41, 5.74) is 12.6. The molecule has 2 heterocycles. The van der Waals surface area contributed by atoms with Crippen LogP contribution in [0.4, 0.5) is 0 Å². The maximum Gasteiger partial charge on any atom is 0.213 e. The largest absolute Gasteiger partial charge is 0.260 e. The van der Waals surface area contributed by atoms with Crippen molar-refractivity contribution in [1.82, 2.24) is 4.98 Å². The molecule has 148 valence electrons. The van der Waals surface area contributed by atoms with E-state index in [1.807, 2.05) is 12.3 Å². The van der Waals surface area contributed by atoms with Gasteiger partial charge in [0.1, 0.15) is 7.05 Å². The molecule has 0 saturated carbocycles. The van der Waals surface area contributed by atoms with Crippen LogP contribution in [0.15, 0.2) is 73.1 Å². The summed E-state index contributed by atoms with van der Waals surface area (Å²) in [4.78, 5) is 4.73. The van der Waals surface area contributed by atoms with Gasteiger partial charge in [-0.05, 0) is 53.8 Å². The van der Waals surface area contributed by atoms with Crippen molar-refractivity contribution >= 4 is 0 Å². The van der Waals surface area contributed by atoms with E-state index in [0.717, 1.165) is 0 Å². The molecule has 0 N–H and O–H groups in total. The number of aryl methyl sites for hydroxylation is 3. The number of pyridine rings is 2. The van der Waals surface area contributed by atoms with Crippen molar-refractivity contribution in [2.45, 2.75) is 33.1 Å². The van der Waals surface area contributed by atoms with Gasteiger partial charge in [-0.25, -0.2) is 4.57 Å². The summed E-state index contributed by atoms with van der Waals surface area (Å²) in [6.07, 6.45) is 4.07. The Labute approximate surface area is 178 Å². The Bertz CT molecular complexity index is 1280. The molecule has 30 heavy (non-hydrogen) atoms. The van der Waals surface area contributed by atoms with Gasteiger partial charge in [0.25, 0.3) is 0 Å². The monoisotopic (exact) mass is 391 g/mol. The van der Waals surface area contributed by atoms with Gasteiger partial charge < -0.3 is 0 Å². The summed E-state index contributed by atoms with van der Waals surface area (Å²) in [6, 6.07) is 22.2. The molecule has 0 aliphatic heterocycles. The fourth-order valence-electron chi connectivity index (χ4n) is 4.74. The van der Waals surface area contributed by atoms with Gasteiger partial charge in [0.05, 0.1) is 5.69 Å². The zero-order valence-corrected chi connectivity index (χ0v) is 18.3. The van der Waals surface area contributed by atoms with Crippen LogP contribution in [0.5, 0.6) is 0 Å². The van der Waals surface area contributed by atoms with Crippen molar-refractivity contribution in [1.29, 1.82) is 0 Å². The minimum absolute atomic E-state index is 0.0683. The Hall–Kier alpha value is -3.26. The minimum Gasteiger partial charge on any atom is -0.260 e. The first-order valence-electron chi connectivity index (χ1n) is 10.5. The summed E-state index contributed by atoms with van der Waals surface area (Å²) in [5, 5.41) is 0. The molecule has 0 spiro atoms. The van der Waals surface area contributed by atoms with E-state index in [1.54, 1.807) is 0 Å². The Morgan fingerprint density at radius 1 is 0.800 bits per heavy atom. The lowest BCUT2D eigenvalue weighted by atomic mass is 9.83. The zero-order valence-electron chi connectivity index (χ0n) is 18.3.